The van der Waals surface area contributed by atoms with Gasteiger partial charge in [-0.25, -0.2) is 0 Å². The summed E-state index contributed by atoms with van der Waals surface area (Å²) >= 11 is 0. The lowest BCUT2D eigenvalue weighted by molar-refractivity contribution is -0.870. The second kappa shape index (κ2) is 78.6. The SMILES string of the molecule is CC/C=C\C/C=C\C/C=C\C/C=C\C/C=C\C/C=C\C/C=C\C/C=C\CCCCCCCCCCCCCCC(=O)OC(COC(=O)CCCCCCCCCCCCCCCCCCCCCCC/C=C\C/C=C\C/C=C\C/C=C\C/C=C\CC)COC(OCC[N+](C)(C)C)C(=O)[O-]. The lowest BCUT2D eigenvalue weighted by atomic mass is 10.0. The van der Waals surface area contributed by atoms with Crippen LogP contribution in [0.15, 0.2) is 158 Å². The molecule has 0 aliphatic carbocycles. The predicted molar refractivity (Wildman–Crippen MR) is 425 cm³/mol. The number of allylic oxidation sites excluding steroid dienone is 26. The maximum atomic E-state index is 13.0. The molecule has 0 amide bonds. The molecular formula is C90H151NO8. The van der Waals surface area contributed by atoms with E-state index < -0.39 is 24.3 Å². The van der Waals surface area contributed by atoms with Gasteiger partial charge < -0.3 is 33.3 Å². The van der Waals surface area contributed by atoms with Crippen molar-refractivity contribution in [3.8, 4) is 0 Å². The van der Waals surface area contributed by atoms with Crippen molar-refractivity contribution in [1.82, 2.24) is 0 Å². The first-order valence-corrected chi connectivity index (χ1v) is 40.6. The maximum Gasteiger partial charge on any atom is 0.306 e. The van der Waals surface area contributed by atoms with E-state index in [-0.39, 0.29) is 38.6 Å². The second-order valence-electron chi connectivity index (χ2n) is 27.9. The molecular weight excluding hydrogens is 1220 g/mol. The van der Waals surface area contributed by atoms with E-state index in [0.29, 0.717) is 17.4 Å². The summed E-state index contributed by atoms with van der Waals surface area (Å²) in [4.78, 5) is 37.6. The zero-order chi connectivity index (χ0) is 71.8. The van der Waals surface area contributed by atoms with Crippen molar-refractivity contribution in [3.05, 3.63) is 158 Å². The van der Waals surface area contributed by atoms with Crippen LogP contribution in [0.3, 0.4) is 0 Å². The van der Waals surface area contributed by atoms with Crippen LogP contribution in [0.25, 0.3) is 0 Å². The number of rotatable bonds is 74. The molecule has 0 aromatic rings. The number of nitrogens with zero attached hydrogens (tertiary/aromatic N) is 1. The molecule has 0 N–H and O–H groups in total. The van der Waals surface area contributed by atoms with Crippen molar-refractivity contribution < 1.29 is 42.9 Å². The smallest absolute Gasteiger partial charge is 0.306 e. The van der Waals surface area contributed by atoms with E-state index in [1.165, 1.54) is 180 Å². The van der Waals surface area contributed by atoms with Crippen LogP contribution in [0.2, 0.25) is 0 Å². The van der Waals surface area contributed by atoms with Crippen LogP contribution in [-0.4, -0.2) is 82.3 Å². The summed E-state index contributed by atoms with van der Waals surface area (Å²) in [5.41, 5.74) is 0. The second-order valence-corrected chi connectivity index (χ2v) is 27.9. The van der Waals surface area contributed by atoms with Crippen LogP contribution in [0.5, 0.6) is 0 Å². The van der Waals surface area contributed by atoms with Gasteiger partial charge in [0.1, 0.15) is 13.2 Å². The highest BCUT2D eigenvalue weighted by Gasteiger charge is 2.22. The van der Waals surface area contributed by atoms with Crippen molar-refractivity contribution in [2.75, 3.05) is 47.5 Å². The maximum absolute atomic E-state index is 13.0. The first-order valence-electron chi connectivity index (χ1n) is 40.6. The van der Waals surface area contributed by atoms with Gasteiger partial charge in [0, 0.05) is 12.8 Å². The summed E-state index contributed by atoms with van der Waals surface area (Å²) in [5.74, 6) is -2.28. The quantitative estimate of drug-likeness (QED) is 0.0195. The predicted octanol–water partition coefficient (Wildman–Crippen LogP) is 25.0. The topological polar surface area (TPSA) is 111 Å². The highest BCUT2D eigenvalue weighted by atomic mass is 16.7. The number of hydrogen-bond acceptors (Lipinski definition) is 8. The van der Waals surface area contributed by atoms with Gasteiger partial charge >= 0.3 is 11.9 Å². The third kappa shape index (κ3) is 80.1. The van der Waals surface area contributed by atoms with E-state index in [9.17, 15) is 19.5 Å². The molecule has 2 atom stereocenters. The molecule has 99 heavy (non-hydrogen) atoms. The van der Waals surface area contributed by atoms with Crippen LogP contribution in [0, 0.1) is 0 Å². The molecule has 0 aliphatic heterocycles. The van der Waals surface area contributed by atoms with Gasteiger partial charge in [0.25, 0.3) is 0 Å². The first kappa shape index (κ1) is 93.9. The van der Waals surface area contributed by atoms with E-state index in [0.717, 1.165) is 122 Å². The van der Waals surface area contributed by atoms with Gasteiger partial charge in [-0.15, -0.1) is 0 Å². The fourth-order valence-electron chi connectivity index (χ4n) is 11.2. The fraction of sp³-hybridized carbons (Fsp3) is 0.678. The van der Waals surface area contributed by atoms with Gasteiger partial charge in [0.05, 0.1) is 40.3 Å². The van der Waals surface area contributed by atoms with E-state index >= 15 is 0 Å². The van der Waals surface area contributed by atoms with Crippen molar-refractivity contribution in [2.45, 2.75) is 347 Å². The van der Waals surface area contributed by atoms with Crippen molar-refractivity contribution in [2.24, 2.45) is 0 Å². The Hall–Kier alpha value is -5.09. The Labute approximate surface area is 610 Å². The molecule has 0 bridgehead atoms. The largest absolute Gasteiger partial charge is 0.545 e. The van der Waals surface area contributed by atoms with Gasteiger partial charge in [-0.1, -0.05) is 358 Å². The molecule has 0 spiro atoms. The van der Waals surface area contributed by atoms with Crippen molar-refractivity contribution in [3.63, 3.8) is 0 Å². The molecule has 0 saturated carbocycles. The van der Waals surface area contributed by atoms with E-state index in [2.05, 4.69) is 172 Å². The van der Waals surface area contributed by atoms with E-state index in [4.69, 9.17) is 18.9 Å². The Balaban J connectivity index is 4.05. The van der Waals surface area contributed by atoms with Gasteiger partial charge in [-0.2, -0.15) is 0 Å². The lowest BCUT2D eigenvalue weighted by Crippen LogP contribution is -2.44. The number of ether oxygens (including phenoxy) is 4. The highest BCUT2D eigenvalue weighted by Crippen LogP contribution is 2.18. The van der Waals surface area contributed by atoms with Crippen LogP contribution >= 0.6 is 0 Å². The minimum absolute atomic E-state index is 0.143. The van der Waals surface area contributed by atoms with Crippen LogP contribution in [0.4, 0.5) is 0 Å². The van der Waals surface area contributed by atoms with Crippen molar-refractivity contribution in [1.29, 1.82) is 0 Å². The third-order valence-corrected chi connectivity index (χ3v) is 17.3. The number of carbonyl (C=O) groups excluding carboxylic acids is 3. The molecule has 0 radical (unpaired) electrons. The number of carboxylic acid groups (broad SMARTS) is 1. The molecule has 0 aromatic heterocycles. The molecule has 0 rings (SSSR count). The molecule has 2 unspecified atom stereocenters. The number of quaternary nitrogens is 1. The van der Waals surface area contributed by atoms with E-state index in [1.807, 2.05) is 21.1 Å². The zero-order valence-corrected chi connectivity index (χ0v) is 64.6. The first-order chi connectivity index (χ1) is 48.6. The monoisotopic (exact) mass is 1370 g/mol. The Bertz CT molecular complexity index is 2200. The summed E-state index contributed by atoms with van der Waals surface area (Å²) in [5, 5.41) is 11.9. The average molecular weight is 1380 g/mol. The van der Waals surface area contributed by atoms with E-state index in [1.54, 1.807) is 0 Å². The number of aliphatic carboxylic acids is 1. The summed E-state index contributed by atoms with van der Waals surface area (Å²) in [7, 11) is 5.94. The minimum Gasteiger partial charge on any atom is -0.545 e. The summed E-state index contributed by atoms with van der Waals surface area (Å²) in [6, 6.07) is 0. The molecule has 0 fully saturated rings. The molecule has 0 saturated heterocycles. The van der Waals surface area contributed by atoms with Crippen LogP contribution in [0.1, 0.15) is 335 Å². The number of hydrogen-bond donors (Lipinski definition) is 0. The van der Waals surface area contributed by atoms with Crippen molar-refractivity contribution >= 4 is 17.9 Å². The van der Waals surface area contributed by atoms with Crippen LogP contribution < -0.4 is 5.11 Å². The van der Waals surface area contributed by atoms with Gasteiger partial charge in [-0.05, 0) is 122 Å². The van der Waals surface area contributed by atoms with Gasteiger partial charge in [0.2, 0.25) is 0 Å². The Morgan fingerprint density at radius 2 is 0.545 bits per heavy atom. The Morgan fingerprint density at radius 3 is 0.808 bits per heavy atom. The lowest BCUT2D eigenvalue weighted by Gasteiger charge is -2.26. The number of esters is 2. The number of likely N-dealkylation sites (N-methyl/N-ethyl adjacent to an activating group) is 1. The number of unbranched alkanes of at least 4 members (excludes halogenated alkanes) is 33. The molecule has 0 aromatic carbocycles. The summed E-state index contributed by atoms with van der Waals surface area (Å²) < 4.78 is 22.9. The number of carboxylic acids is 1. The highest BCUT2D eigenvalue weighted by molar-refractivity contribution is 5.70. The molecule has 9 heteroatoms. The molecule has 564 valence electrons. The van der Waals surface area contributed by atoms with Gasteiger partial charge in [0.15, 0.2) is 12.4 Å². The standard InChI is InChI=1S/C90H151NO8/c1-6-8-10-12-14-16-18-20-22-24-26-28-30-32-34-36-38-40-42-44-46-48-50-52-54-56-58-60-62-64-66-68-70-72-74-76-78-80-87(92)97-84-86(85-98-90(89(94)95)96-83-82-91(3,4)5)99-88(93)81-79-77-75-73-71-69-67-65-63-61-59-57-55-53-51-49-47-45-43-41-39-37-35-33-31-29-27-25-23-21-19-17-15-13-11-9-7-2/h8-11,14-17,20-23,26-29,32-35,39,41,45,47,51,53,86,90H,6-7,12-13,18-19,24-25,30-31,36-38,40,42-44,46,48-50,52,54-85H2,1-5H3/b10-8-,11-9-,16-14-,17-15-,22-20-,23-21-,28-26-,29-27-,34-32-,35-33-,41-39-,47-45-,53-51-. The molecule has 9 nitrogen and oxygen atoms in total. The third-order valence-electron chi connectivity index (χ3n) is 17.3. The molecule has 0 heterocycles. The summed E-state index contributed by atoms with van der Waals surface area (Å²) in [6.45, 7) is 4.54. The normalized spacial score (nSPS) is 13.5. The fourth-order valence-corrected chi connectivity index (χ4v) is 11.2. The summed E-state index contributed by atoms with van der Waals surface area (Å²) in [6.07, 6.45) is 114. The average Bonchev–Trinajstić information content (AvgIpc) is 2.19. The van der Waals surface area contributed by atoms with Gasteiger partial charge in [-0.3, -0.25) is 9.59 Å². The Kier molecular flexibility index (Phi) is 74.6. The zero-order valence-electron chi connectivity index (χ0n) is 64.6. The minimum atomic E-state index is -1.63. The Morgan fingerprint density at radius 1 is 0.303 bits per heavy atom. The number of carbonyl (C=O) groups is 3. The molecule has 0 aliphatic rings. The van der Waals surface area contributed by atoms with Crippen LogP contribution in [-0.2, 0) is 33.3 Å².